The van der Waals surface area contributed by atoms with E-state index in [0.29, 0.717) is 13.0 Å². The first-order chi connectivity index (χ1) is 8.90. The van der Waals surface area contributed by atoms with E-state index in [9.17, 15) is 5.11 Å². The standard InChI is InChI=1S/C15H25NO3/c1-15(2,3)16-10-13(18)11-19-14-6-4-12(5-7-14)8-9-17/h4-7,13,16-18H,8-11H2,1-3H3. The third-order valence-corrected chi connectivity index (χ3v) is 2.63. The summed E-state index contributed by atoms with van der Waals surface area (Å²) in [4.78, 5) is 0. The van der Waals surface area contributed by atoms with Crippen molar-refractivity contribution in [3.8, 4) is 5.75 Å². The lowest BCUT2D eigenvalue weighted by Crippen LogP contribution is -2.42. The predicted octanol–water partition coefficient (Wildman–Crippen LogP) is 1.35. The van der Waals surface area contributed by atoms with E-state index >= 15 is 0 Å². The maximum atomic E-state index is 9.79. The second-order valence-corrected chi connectivity index (χ2v) is 5.71. The maximum Gasteiger partial charge on any atom is 0.119 e. The van der Waals surface area contributed by atoms with Crippen LogP contribution in [0.4, 0.5) is 0 Å². The molecule has 1 atom stereocenters. The molecular weight excluding hydrogens is 242 g/mol. The minimum absolute atomic E-state index is 0.00702. The molecule has 4 nitrogen and oxygen atoms in total. The number of β-amino-alcohol motifs (C(OH)–C–C–N with tert-alkyl or cyclic N) is 1. The number of hydrogen-bond donors (Lipinski definition) is 3. The van der Waals surface area contributed by atoms with Gasteiger partial charge in [-0.2, -0.15) is 0 Å². The first-order valence-electron chi connectivity index (χ1n) is 6.66. The van der Waals surface area contributed by atoms with Gasteiger partial charge in [0.2, 0.25) is 0 Å². The van der Waals surface area contributed by atoms with Crippen LogP contribution in [-0.4, -0.2) is 41.6 Å². The lowest BCUT2D eigenvalue weighted by molar-refractivity contribution is 0.100. The van der Waals surface area contributed by atoms with Crippen LogP contribution in [0.15, 0.2) is 24.3 Å². The van der Waals surface area contributed by atoms with E-state index in [4.69, 9.17) is 9.84 Å². The van der Waals surface area contributed by atoms with Gasteiger partial charge in [-0.05, 0) is 44.9 Å². The summed E-state index contributed by atoms with van der Waals surface area (Å²) in [5, 5.41) is 21.8. The Hall–Kier alpha value is -1.10. The van der Waals surface area contributed by atoms with Crippen LogP contribution in [0, 0.1) is 0 Å². The van der Waals surface area contributed by atoms with Gasteiger partial charge in [0.1, 0.15) is 18.5 Å². The molecule has 19 heavy (non-hydrogen) atoms. The van der Waals surface area contributed by atoms with Crippen molar-refractivity contribution in [2.24, 2.45) is 0 Å². The summed E-state index contributed by atoms with van der Waals surface area (Å²) in [6.45, 7) is 7.09. The number of nitrogens with one attached hydrogen (secondary N) is 1. The highest BCUT2D eigenvalue weighted by atomic mass is 16.5. The molecule has 0 bridgehead atoms. The van der Waals surface area contributed by atoms with Crippen molar-refractivity contribution in [2.45, 2.75) is 38.8 Å². The molecule has 1 aromatic carbocycles. The van der Waals surface area contributed by atoms with Gasteiger partial charge < -0.3 is 20.3 Å². The molecule has 108 valence electrons. The van der Waals surface area contributed by atoms with E-state index < -0.39 is 6.10 Å². The van der Waals surface area contributed by atoms with Gasteiger partial charge in [0.15, 0.2) is 0 Å². The van der Waals surface area contributed by atoms with Gasteiger partial charge in [-0.15, -0.1) is 0 Å². The lowest BCUT2D eigenvalue weighted by atomic mass is 10.1. The van der Waals surface area contributed by atoms with E-state index in [0.717, 1.165) is 11.3 Å². The molecule has 0 aliphatic carbocycles. The maximum absolute atomic E-state index is 9.79. The Bertz CT molecular complexity index is 357. The average molecular weight is 267 g/mol. The highest BCUT2D eigenvalue weighted by Gasteiger charge is 2.12. The number of hydrogen-bond acceptors (Lipinski definition) is 4. The SMILES string of the molecule is CC(C)(C)NCC(O)COc1ccc(CCO)cc1. The summed E-state index contributed by atoms with van der Waals surface area (Å²) < 4.78 is 5.51. The van der Waals surface area contributed by atoms with Crippen LogP contribution in [0.2, 0.25) is 0 Å². The molecule has 1 aromatic rings. The minimum atomic E-state index is -0.531. The third-order valence-electron chi connectivity index (χ3n) is 2.63. The lowest BCUT2D eigenvalue weighted by Gasteiger charge is -2.23. The van der Waals surface area contributed by atoms with Gasteiger partial charge in [-0.25, -0.2) is 0 Å². The van der Waals surface area contributed by atoms with Crippen molar-refractivity contribution in [3.63, 3.8) is 0 Å². The number of aliphatic hydroxyl groups excluding tert-OH is 2. The zero-order valence-corrected chi connectivity index (χ0v) is 12.0. The normalized spacial score (nSPS) is 13.3. The molecule has 0 saturated heterocycles. The molecule has 0 spiro atoms. The molecule has 0 aromatic heterocycles. The third kappa shape index (κ3) is 7.15. The summed E-state index contributed by atoms with van der Waals surface area (Å²) in [7, 11) is 0. The second kappa shape index (κ2) is 7.48. The fraction of sp³-hybridized carbons (Fsp3) is 0.600. The van der Waals surface area contributed by atoms with E-state index in [-0.39, 0.29) is 18.8 Å². The van der Waals surface area contributed by atoms with Gasteiger partial charge in [0, 0.05) is 18.7 Å². The van der Waals surface area contributed by atoms with E-state index in [1.54, 1.807) is 0 Å². The quantitative estimate of drug-likeness (QED) is 0.698. The molecule has 0 radical (unpaired) electrons. The number of benzene rings is 1. The highest BCUT2D eigenvalue weighted by molar-refractivity contribution is 5.27. The van der Waals surface area contributed by atoms with Crippen molar-refractivity contribution >= 4 is 0 Å². The largest absolute Gasteiger partial charge is 0.491 e. The smallest absolute Gasteiger partial charge is 0.119 e. The fourth-order valence-corrected chi connectivity index (χ4v) is 1.56. The average Bonchev–Trinajstić information content (AvgIpc) is 2.35. The van der Waals surface area contributed by atoms with E-state index in [1.165, 1.54) is 0 Å². The van der Waals surface area contributed by atoms with E-state index in [1.807, 2.05) is 24.3 Å². The monoisotopic (exact) mass is 267 g/mol. The minimum Gasteiger partial charge on any atom is -0.491 e. The molecule has 0 heterocycles. The van der Waals surface area contributed by atoms with Gasteiger partial charge in [0.25, 0.3) is 0 Å². The molecule has 0 aliphatic rings. The molecule has 0 saturated carbocycles. The molecule has 1 unspecified atom stereocenters. The van der Waals surface area contributed by atoms with Crippen molar-refractivity contribution in [1.29, 1.82) is 0 Å². The molecule has 3 N–H and O–H groups in total. The van der Waals surface area contributed by atoms with Crippen LogP contribution in [0.1, 0.15) is 26.3 Å². The second-order valence-electron chi connectivity index (χ2n) is 5.71. The Morgan fingerprint density at radius 2 is 1.84 bits per heavy atom. The fourth-order valence-electron chi connectivity index (χ4n) is 1.56. The van der Waals surface area contributed by atoms with Crippen LogP contribution >= 0.6 is 0 Å². The first-order valence-corrected chi connectivity index (χ1v) is 6.66. The summed E-state index contributed by atoms with van der Waals surface area (Å²) in [6.07, 6.45) is 0.120. The van der Waals surface area contributed by atoms with Crippen LogP contribution in [0.5, 0.6) is 5.75 Å². The molecule has 0 fully saturated rings. The zero-order valence-electron chi connectivity index (χ0n) is 12.0. The summed E-state index contributed by atoms with van der Waals surface area (Å²) in [6, 6.07) is 7.56. The molecule has 4 heteroatoms. The summed E-state index contributed by atoms with van der Waals surface area (Å²) in [5.41, 5.74) is 1.07. The zero-order chi connectivity index (χ0) is 14.3. The van der Waals surface area contributed by atoms with Crippen molar-refractivity contribution in [3.05, 3.63) is 29.8 Å². The van der Waals surface area contributed by atoms with Gasteiger partial charge in [-0.1, -0.05) is 12.1 Å². The Morgan fingerprint density at radius 3 is 2.37 bits per heavy atom. The molecule has 0 aliphatic heterocycles. The van der Waals surface area contributed by atoms with Crippen LogP contribution < -0.4 is 10.1 Å². The first kappa shape index (κ1) is 16.0. The van der Waals surface area contributed by atoms with Crippen molar-refractivity contribution < 1.29 is 14.9 Å². The van der Waals surface area contributed by atoms with E-state index in [2.05, 4.69) is 26.1 Å². The molecule has 1 rings (SSSR count). The van der Waals surface area contributed by atoms with Crippen LogP contribution in [0.25, 0.3) is 0 Å². The highest BCUT2D eigenvalue weighted by Crippen LogP contribution is 2.12. The topological polar surface area (TPSA) is 61.7 Å². The summed E-state index contributed by atoms with van der Waals surface area (Å²) >= 11 is 0. The Labute approximate surface area is 115 Å². The Morgan fingerprint density at radius 1 is 1.21 bits per heavy atom. The Kier molecular flexibility index (Phi) is 6.28. The predicted molar refractivity (Wildman–Crippen MR) is 76.5 cm³/mol. The molecule has 0 amide bonds. The van der Waals surface area contributed by atoms with Crippen LogP contribution in [-0.2, 0) is 6.42 Å². The van der Waals surface area contributed by atoms with Crippen LogP contribution in [0.3, 0.4) is 0 Å². The van der Waals surface area contributed by atoms with Crippen molar-refractivity contribution in [2.75, 3.05) is 19.8 Å². The van der Waals surface area contributed by atoms with Gasteiger partial charge in [0.05, 0.1) is 0 Å². The number of aliphatic hydroxyl groups is 2. The number of rotatable bonds is 7. The van der Waals surface area contributed by atoms with Crippen molar-refractivity contribution in [1.82, 2.24) is 5.32 Å². The molecular formula is C15H25NO3. The Balaban J connectivity index is 2.31. The number of ether oxygens (including phenoxy) is 1. The van der Waals surface area contributed by atoms with Gasteiger partial charge in [-0.3, -0.25) is 0 Å². The van der Waals surface area contributed by atoms with Gasteiger partial charge >= 0.3 is 0 Å². The summed E-state index contributed by atoms with van der Waals surface area (Å²) in [5.74, 6) is 0.733.